The lowest BCUT2D eigenvalue weighted by atomic mass is 10.0. The summed E-state index contributed by atoms with van der Waals surface area (Å²) in [6.45, 7) is 0. The lowest BCUT2D eigenvalue weighted by Gasteiger charge is -2.27. The van der Waals surface area contributed by atoms with Gasteiger partial charge in [0, 0.05) is 28.4 Å². The molecular weight excluding hydrogens is 388 g/mol. The van der Waals surface area contributed by atoms with Crippen molar-refractivity contribution in [3.05, 3.63) is 140 Å². The maximum absolute atomic E-state index is 3.59. The van der Waals surface area contributed by atoms with Crippen LogP contribution in [0, 0.1) is 0 Å². The molecule has 32 heavy (non-hydrogen) atoms. The highest BCUT2D eigenvalue weighted by Gasteiger charge is 2.14. The van der Waals surface area contributed by atoms with E-state index in [2.05, 4.69) is 132 Å². The normalized spacial score (nSPS) is 10.5. The number of para-hydroxylation sites is 3. The van der Waals surface area contributed by atoms with Crippen molar-refractivity contribution in [1.82, 2.24) is 0 Å². The molecule has 0 aromatic heterocycles. The molecular formula is C30H24N2. The zero-order valence-electron chi connectivity index (χ0n) is 17.7. The van der Waals surface area contributed by atoms with E-state index < -0.39 is 0 Å². The molecule has 5 aromatic carbocycles. The van der Waals surface area contributed by atoms with E-state index in [1.165, 1.54) is 11.1 Å². The Morgan fingerprint density at radius 2 is 0.875 bits per heavy atom. The molecule has 0 fully saturated rings. The first-order chi connectivity index (χ1) is 15.9. The summed E-state index contributed by atoms with van der Waals surface area (Å²) >= 11 is 0. The highest BCUT2D eigenvalue weighted by molar-refractivity contribution is 5.83. The second kappa shape index (κ2) is 9.23. The molecule has 0 aliphatic heterocycles. The van der Waals surface area contributed by atoms with Crippen molar-refractivity contribution in [2.24, 2.45) is 0 Å². The summed E-state index contributed by atoms with van der Waals surface area (Å²) in [7, 11) is 0. The van der Waals surface area contributed by atoms with E-state index in [-0.39, 0.29) is 0 Å². The van der Waals surface area contributed by atoms with Crippen LogP contribution in [-0.4, -0.2) is 0 Å². The first kappa shape index (κ1) is 19.7. The predicted octanol–water partition coefficient (Wildman–Crippen LogP) is 8.57. The summed E-state index contributed by atoms with van der Waals surface area (Å²) in [6, 6.07) is 48.5. The molecule has 5 rings (SSSR count). The zero-order chi connectivity index (χ0) is 21.6. The van der Waals surface area contributed by atoms with Gasteiger partial charge in [0.15, 0.2) is 0 Å². The molecule has 2 nitrogen and oxygen atoms in total. The fourth-order valence-electron chi connectivity index (χ4n) is 3.90. The van der Waals surface area contributed by atoms with Crippen molar-refractivity contribution in [3.63, 3.8) is 0 Å². The van der Waals surface area contributed by atoms with Crippen LogP contribution in [0.5, 0.6) is 0 Å². The topological polar surface area (TPSA) is 15.3 Å². The minimum atomic E-state index is 1.05. The van der Waals surface area contributed by atoms with Crippen LogP contribution in [0.1, 0.15) is 0 Å². The minimum absolute atomic E-state index is 1.05. The van der Waals surface area contributed by atoms with Gasteiger partial charge in [0.1, 0.15) is 0 Å². The van der Waals surface area contributed by atoms with Crippen LogP contribution in [0.2, 0.25) is 0 Å². The number of benzene rings is 5. The van der Waals surface area contributed by atoms with Gasteiger partial charge < -0.3 is 10.2 Å². The molecule has 0 saturated heterocycles. The molecule has 0 aliphatic rings. The van der Waals surface area contributed by atoms with Gasteiger partial charge in [-0.2, -0.15) is 0 Å². The third kappa shape index (κ3) is 4.40. The molecule has 0 bridgehead atoms. The van der Waals surface area contributed by atoms with Gasteiger partial charge in [-0.05, 0) is 65.7 Å². The Balaban J connectivity index is 1.67. The van der Waals surface area contributed by atoms with Crippen molar-refractivity contribution in [2.45, 2.75) is 0 Å². The van der Waals surface area contributed by atoms with E-state index in [4.69, 9.17) is 0 Å². The van der Waals surface area contributed by atoms with Gasteiger partial charge in [0.05, 0.1) is 0 Å². The largest absolute Gasteiger partial charge is 0.355 e. The third-order valence-electron chi connectivity index (χ3n) is 5.37. The first-order valence-corrected chi connectivity index (χ1v) is 10.8. The summed E-state index contributed by atoms with van der Waals surface area (Å²) in [4.78, 5) is 2.29. The van der Waals surface area contributed by atoms with Crippen LogP contribution in [0.4, 0.5) is 28.4 Å². The molecule has 0 atom stereocenters. The maximum Gasteiger partial charge on any atom is 0.0488 e. The van der Waals surface area contributed by atoms with E-state index in [9.17, 15) is 0 Å². The van der Waals surface area contributed by atoms with E-state index in [1.54, 1.807) is 0 Å². The molecule has 154 valence electrons. The minimum Gasteiger partial charge on any atom is -0.355 e. The zero-order valence-corrected chi connectivity index (χ0v) is 17.7. The molecule has 0 amide bonds. The summed E-state index contributed by atoms with van der Waals surface area (Å²) in [5.41, 5.74) is 7.80. The highest BCUT2D eigenvalue weighted by atomic mass is 15.1. The lowest BCUT2D eigenvalue weighted by Crippen LogP contribution is -2.10. The smallest absolute Gasteiger partial charge is 0.0488 e. The molecule has 0 heterocycles. The standard InChI is InChI=1S/C30H24N2/c1-5-13-24(14-6-1)25-21-27(31-26-15-7-2-8-16-26)23-30(22-25)32(28-17-9-3-10-18-28)29-19-11-4-12-20-29/h1-23,31H. The number of nitrogens with zero attached hydrogens (tertiary/aromatic N) is 1. The fourth-order valence-corrected chi connectivity index (χ4v) is 3.90. The Bertz CT molecular complexity index is 1230. The van der Waals surface area contributed by atoms with Crippen LogP contribution in [0.15, 0.2) is 140 Å². The lowest BCUT2D eigenvalue weighted by molar-refractivity contribution is 1.28. The summed E-state index contributed by atoms with van der Waals surface area (Å²) in [5, 5.41) is 3.59. The predicted molar refractivity (Wildman–Crippen MR) is 136 cm³/mol. The first-order valence-electron chi connectivity index (χ1n) is 10.8. The quantitative estimate of drug-likeness (QED) is 0.300. The molecule has 0 saturated carbocycles. The third-order valence-corrected chi connectivity index (χ3v) is 5.37. The van der Waals surface area contributed by atoms with Crippen LogP contribution in [0.25, 0.3) is 11.1 Å². The molecule has 0 aliphatic carbocycles. The van der Waals surface area contributed by atoms with Crippen molar-refractivity contribution in [2.75, 3.05) is 10.2 Å². The monoisotopic (exact) mass is 412 g/mol. The number of rotatable bonds is 6. The van der Waals surface area contributed by atoms with Crippen molar-refractivity contribution < 1.29 is 0 Å². The van der Waals surface area contributed by atoms with E-state index in [0.717, 1.165) is 28.4 Å². The van der Waals surface area contributed by atoms with Gasteiger partial charge in [-0.1, -0.05) is 84.9 Å². The molecule has 0 radical (unpaired) electrons. The average molecular weight is 413 g/mol. The Morgan fingerprint density at radius 3 is 1.44 bits per heavy atom. The Kier molecular flexibility index (Phi) is 5.67. The van der Waals surface area contributed by atoms with Gasteiger partial charge in [0.25, 0.3) is 0 Å². The summed E-state index contributed by atoms with van der Waals surface area (Å²) in [5.74, 6) is 0. The van der Waals surface area contributed by atoms with Crippen LogP contribution in [0.3, 0.4) is 0 Å². The molecule has 1 N–H and O–H groups in total. The van der Waals surface area contributed by atoms with Gasteiger partial charge >= 0.3 is 0 Å². The Labute approximate surface area is 189 Å². The van der Waals surface area contributed by atoms with Crippen LogP contribution in [-0.2, 0) is 0 Å². The Hall–Kier alpha value is -4.30. The summed E-state index contributed by atoms with van der Waals surface area (Å²) < 4.78 is 0. The van der Waals surface area contributed by atoms with Gasteiger partial charge in [-0.15, -0.1) is 0 Å². The molecule has 0 spiro atoms. The molecule has 5 aromatic rings. The number of nitrogens with one attached hydrogen (secondary N) is 1. The van der Waals surface area contributed by atoms with Crippen LogP contribution < -0.4 is 10.2 Å². The average Bonchev–Trinajstić information content (AvgIpc) is 2.87. The van der Waals surface area contributed by atoms with E-state index in [1.807, 2.05) is 18.2 Å². The fraction of sp³-hybridized carbons (Fsp3) is 0. The number of anilines is 5. The second-order valence-electron chi connectivity index (χ2n) is 7.63. The van der Waals surface area contributed by atoms with Gasteiger partial charge in [-0.25, -0.2) is 0 Å². The van der Waals surface area contributed by atoms with Gasteiger partial charge in [0.2, 0.25) is 0 Å². The second-order valence-corrected chi connectivity index (χ2v) is 7.63. The molecule has 0 unspecified atom stereocenters. The highest BCUT2D eigenvalue weighted by Crippen LogP contribution is 2.38. The van der Waals surface area contributed by atoms with E-state index >= 15 is 0 Å². The van der Waals surface area contributed by atoms with Gasteiger partial charge in [-0.3, -0.25) is 0 Å². The van der Waals surface area contributed by atoms with Crippen molar-refractivity contribution >= 4 is 28.4 Å². The SMILES string of the molecule is c1ccc(Nc2cc(-c3ccccc3)cc(N(c3ccccc3)c3ccccc3)c2)cc1. The Morgan fingerprint density at radius 1 is 0.375 bits per heavy atom. The molecule has 2 heteroatoms. The summed E-state index contributed by atoms with van der Waals surface area (Å²) in [6.07, 6.45) is 0. The van der Waals surface area contributed by atoms with Crippen molar-refractivity contribution in [3.8, 4) is 11.1 Å². The number of hydrogen-bond acceptors (Lipinski definition) is 2. The van der Waals surface area contributed by atoms with Crippen molar-refractivity contribution in [1.29, 1.82) is 0 Å². The van der Waals surface area contributed by atoms with Crippen LogP contribution >= 0.6 is 0 Å². The van der Waals surface area contributed by atoms with E-state index in [0.29, 0.717) is 0 Å². The maximum atomic E-state index is 3.59. The number of hydrogen-bond donors (Lipinski definition) is 1.